The zero-order valence-electron chi connectivity index (χ0n) is 13.9. The molecule has 0 amide bonds. The molecule has 0 fully saturated rings. The third-order valence-corrected chi connectivity index (χ3v) is 3.72. The first-order valence-corrected chi connectivity index (χ1v) is 8.03. The summed E-state index contributed by atoms with van der Waals surface area (Å²) in [6, 6.07) is 12.9. The zero-order valence-corrected chi connectivity index (χ0v) is 13.9. The molecule has 2 N–H and O–H groups in total. The Hall–Kier alpha value is -4.09. The van der Waals surface area contributed by atoms with Crippen LogP contribution in [0.15, 0.2) is 48.7 Å². The van der Waals surface area contributed by atoms with E-state index in [9.17, 15) is 10.1 Å². The van der Waals surface area contributed by atoms with Gasteiger partial charge in [0, 0.05) is 19.2 Å². The Morgan fingerprint density at radius 2 is 1.89 bits per heavy atom. The first kappa shape index (κ1) is 16.4. The lowest BCUT2D eigenvalue weighted by atomic mass is 10.3. The van der Waals surface area contributed by atoms with Crippen molar-refractivity contribution >= 4 is 23.2 Å². The Balaban J connectivity index is 1.39. The quantitative estimate of drug-likeness (QED) is 0.280. The number of nitrogens with one attached hydrogen (secondary N) is 2. The van der Waals surface area contributed by atoms with Crippen LogP contribution in [0.5, 0.6) is 0 Å². The van der Waals surface area contributed by atoms with Crippen molar-refractivity contribution in [3.8, 4) is 5.69 Å². The molecule has 0 saturated heterocycles. The number of nitrogens with zero attached hydrogens (tertiary/aromatic N) is 8. The first-order chi connectivity index (χ1) is 13.2. The molecule has 0 bridgehead atoms. The maximum Gasteiger partial charge on any atom is 0.368 e. The van der Waals surface area contributed by atoms with Crippen LogP contribution in [0.2, 0.25) is 0 Å². The molecular weight excluding hydrogens is 352 g/mol. The molecule has 4 rings (SSSR count). The van der Waals surface area contributed by atoms with Gasteiger partial charge in [0.15, 0.2) is 5.82 Å². The number of benzene rings is 1. The number of rotatable bonds is 7. The third kappa shape index (κ3) is 3.35. The van der Waals surface area contributed by atoms with Gasteiger partial charge in [-0.25, -0.2) is 4.98 Å². The van der Waals surface area contributed by atoms with Crippen molar-refractivity contribution in [3.05, 3.63) is 58.8 Å². The minimum Gasteiger partial charge on any atom is -0.365 e. The van der Waals surface area contributed by atoms with Crippen molar-refractivity contribution in [2.45, 2.75) is 0 Å². The SMILES string of the molecule is O=[N+]([O-])c1cnc2ccc(NCCNc3nnnn3-c3ccccc3)nn12. The standard InChI is InChI=1S/C15H14N10O2/c26-25(27)14-10-18-13-7-6-12(20-24(13)14)16-8-9-17-15-19-21-22-23(15)11-4-2-1-3-5-11/h1-7,10H,8-9H2,(H,16,20)(H,17,19,22). The molecule has 0 aliphatic heterocycles. The molecule has 0 spiro atoms. The highest BCUT2D eigenvalue weighted by atomic mass is 16.6. The van der Waals surface area contributed by atoms with E-state index in [1.54, 1.807) is 16.8 Å². The lowest BCUT2D eigenvalue weighted by Gasteiger charge is -2.08. The molecule has 1 aromatic carbocycles. The molecular formula is C15H14N10O2. The summed E-state index contributed by atoms with van der Waals surface area (Å²) < 4.78 is 2.78. The molecule has 12 nitrogen and oxygen atoms in total. The molecule has 3 aromatic heterocycles. The van der Waals surface area contributed by atoms with Gasteiger partial charge in [0.2, 0.25) is 11.6 Å². The van der Waals surface area contributed by atoms with Crippen molar-refractivity contribution in [2.75, 3.05) is 23.7 Å². The molecule has 0 aliphatic rings. The van der Waals surface area contributed by atoms with Crippen LogP contribution in [0, 0.1) is 10.1 Å². The highest BCUT2D eigenvalue weighted by Gasteiger charge is 2.15. The van der Waals surface area contributed by atoms with Crippen LogP contribution < -0.4 is 10.6 Å². The van der Waals surface area contributed by atoms with Crippen molar-refractivity contribution in [1.29, 1.82) is 0 Å². The highest BCUT2D eigenvalue weighted by Crippen LogP contribution is 2.14. The van der Waals surface area contributed by atoms with E-state index in [2.05, 4.69) is 36.2 Å². The van der Waals surface area contributed by atoms with Gasteiger partial charge in [-0.2, -0.15) is 4.68 Å². The van der Waals surface area contributed by atoms with Crippen LogP contribution in [0.25, 0.3) is 11.3 Å². The molecule has 136 valence electrons. The van der Waals surface area contributed by atoms with Gasteiger partial charge in [-0.15, -0.1) is 0 Å². The van der Waals surface area contributed by atoms with Crippen LogP contribution in [0.3, 0.4) is 0 Å². The Bertz CT molecular complexity index is 1070. The molecule has 12 heteroatoms. The van der Waals surface area contributed by atoms with E-state index in [4.69, 9.17) is 0 Å². The fourth-order valence-electron chi connectivity index (χ4n) is 2.49. The van der Waals surface area contributed by atoms with Crippen LogP contribution in [0.1, 0.15) is 0 Å². The lowest BCUT2D eigenvalue weighted by Crippen LogP contribution is -2.17. The maximum atomic E-state index is 11.0. The summed E-state index contributed by atoms with van der Waals surface area (Å²) in [5, 5.41) is 33.0. The normalized spacial score (nSPS) is 10.8. The summed E-state index contributed by atoms with van der Waals surface area (Å²) in [4.78, 5) is 14.4. The molecule has 0 aliphatic carbocycles. The molecule has 27 heavy (non-hydrogen) atoms. The molecule has 0 atom stereocenters. The van der Waals surface area contributed by atoms with Crippen molar-refractivity contribution in [1.82, 2.24) is 34.8 Å². The summed E-state index contributed by atoms with van der Waals surface area (Å²) in [6.07, 6.45) is 1.18. The minimum atomic E-state index is -0.526. The van der Waals surface area contributed by atoms with Gasteiger partial charge in [0.25, 0.3) is 0 Å². The van der Waals surface area contributed by atoms with Crippen LogP contribution in [-0.4, -0.2) is 52.8 Å². The van der Waals surface area contributed by atoms with E-state index in [1.165, 1.54) is 10.7 Å². The Kier molecular flexibility index (Phi) is 4.27. The number of imidazole rings is 1. The highest BCUT2D eigenvalue weighted by molar-refractivity contribution is 5.48. The number of anilines is 2. The van der Waals surface area contributed by atoms with E-state index < -0.39 is 4.92 Å². The maximum absolute atomic E-state index is 11.0. The monoisotopic (exact) mass is 366 g/mol. The fourth-order valence-corrected chi connectivity index (χ4v) is 2.49. The van der Waals surface area contributed by atoms with Gasteiger partial charge in [-0.3, -0.25) is 0 Å². The van der Waals surface area contributed by atoms with E-state index >= 15 is 0 Å². The Labute approximate surface area is 152 Å². The average molecular weight is 366 g/mol. The number of hydrogen-bond donors (Lipinski definition) is 2. The number of aromatic nitrogens is 7. The summed E-state index contributed by atoms with van der Waals surface area (Å²) in [5.74, 6) is 0.818. The largest absolute Gasteiger partial charge is 0.368 e. The zero-order chi connectivity index (χ0) is 18.6. The molecule has 0 saturated carbocycles. The average Bonchev–Trinajstić information content (AvgIpc) is 3.32. The Morgan fingerprint density at radius 1 is 1.07 bits per heavy atom. The van der Waals surface area contributed by atoms with Gasteiger partial charge in [0.05, 0.1) is 5.69 Å². The van der Waals surface area contributed by atoms with E-state index in [1.807, 2.05) is 30.3 Å². The number of para-hydroxylation sites is 1. The van der Waals surface area contributed by atoms with Crippen LogP contribution in [0.4, 0.5) is 17.6 Å². The van der Waals surface area contributed by atoms with E-state index in [0.29, 0.717) is 30.5 Å². The smallest absolute Gasteiger partial charge is 0.365 e. The number of hydrogen-bond acceptors (Lipinski definition) is 9. The van der Waals surface area contributed by atoms with E-state index in [-0.39, 0.29) is 5.82 Å². The van der Waals surface area contributed by atoms with Gasteiger partial charge < -0.3 is 20.7 Å². The van der Waals surface area contributed by atoms with Crippen molar-refractivity contribution < 1.29 is 4.92 Å². The summed E-state index contributed by atoms with van der Waals surface area (Å²) in [7, 11) is 0. The second kappa shape index (κ2) is 7.03. The van der Waals surface area contributed by atoms with Gasteiger partial charge in [-0.05, 0) is 33.5 Å². The van der Waals surface area contributed by atoms with Gasteiger partial charge in [-0.1, -0.05) is 32.9 Å². The lowest BCUT2D eigenvalue weighted by molar-refractivity contribution is -0.391. The molecule has 0 unspecified atom stereocenters. The second-order valence-corrected chi connectivity index (χ2v) is 5.47. The predicted octanol–water partition coefficient (Wildman–Crippen LogP) is 1.14. The fraction of sp³-hybridized carbons (Fsp3) is 0.133. The topological polar surface area (TPSA) is 141 Å². The van der Waals surface area contributed by atoms with E-state index in [0.717, 1.165) is 5.69 Å². The first-order valence-electron chi connectivity index (χ1n) is 8.03. The number of tetrazole rings is 1. The molecule has 0 radical (unpaired) electrons. The molecule has 4 aromatic rings. The number of nitro groups is 1. The summed E-state index contributed by atoms with van der Waals surface area (Å²) >= 11 is 0. The molecule has 3 heterocycles. The van der Waals surface area contributed by atoms with Crippen LogP contribution in [-0.2, 0) is 0 Å². The van der Waals surface area contributed by atoms with Crippen molar-refractivity contribution in [2.24, 2.45) is 0 Å². The third-order valence-electron chi connectivity index (χ3n) is 3.72. The predicted molar refractivity (Wildman–Crippen MR) is 95.8 cm³/mol. The summed E-state index contributed by atoms with van der Waals surface area (Å²) in [5.41, 5.74) is 1.25. The second-order valence-electron chi connectivity index (χ2n) is 5.47. The van der Waals surface area contributed by atoms with Gasteiger partial charge in [0.1, 0.15) is 6.20 Å². The minimum absolute atomic E-state index is 0.186. The van der Waals surface area contributed by atoms with Gasteiger partial charge >= 0.3 is 5.82 Å². The van der Waals surface area contributed by atoms with Crippen LogP contribution >= 0.6 is 0 Å². The van der Waals surface area contributed by atoms with Crippen molar-refractivity contribution in [3.63, 3.8) is 0 Å². The summed E-state index contributed by atoms with van der Waals surface area (Å²) in [6.45, 7) is 1.02. The number of fused-ring (bicyclic) bond motifs is 1. The Morgan fingerprint density at radius 3 is 2.70 bits per heavy atom.